The number of nitrogens with one attached hydrogen (secondary N) is 1. The lowest BCUT2D eigenvalue weighted by molar-refractivity contribution is -0.384. The zero-order valence-corrected chi connectivity index (χ0v) is 12.0. The van der Waals surface area contributed by atoms with Gasteiger partial charge in [-0.2, -0.15) is 5.10 Å². The molecule has 0 bridgehead atoms. The topological polar surface area (TPSA) is 85.9 Å². The Bertz CT molecular complexity index is 626. The number of hydrogen-bond acceptors (Lipinski definition) is 5. The van der Waals surface area contributed by atoms with E-state index in [-0.39, 0.29) is 5.69 Å². The van der Waals surface area contributed by atoms with Crippen LogP contribution in [0.5, 0.6) is 0 Å². The first-order valence-corrected chi connectivity index (χ1v) is 6.39. The van der Waals surface area contributed by atoms with Gasteiger partial charge in [-0.15, -0.1) is 0 Å². The van der Waals surface area contributed by atoms with Crippen LogP contribution in [0.1, 0.15) is 12.6 Å². The van der Waals surface area contributed by atoms with E-state index in [0.717, 1.165) is 17.8 Å². The fourth-order valence-corrected chi connectivity index (χ4v) is 2.14. The summed E-state index contributed by atoms with van der Waals surface area (Å²) in [6, 6.07) is 0. The Labute approximate surface area is 117 Å². The van der Waals surface area contributed by atoms with Crippen LogP contribution >= 0.6 is 15.9 Å². The third-order valence-corrected chi connectivity index (χ3v) is 3.18. The van der Waals surface area contributed by atoms with Gasteiger partial charge < -0.3 is 5.32 Å². The summed E-state index contributed by atoms with van der Waals surface area (Å²) in [5.74, 6) is 0. The molecule has 0 radical (unpaired) electrons. The van der Waals surface area contributed by atoms with Crippen molar-refractivity contribution in [3.63, 3.8) is 0 Å². The highest BCUT2D eigenvalue weighted by Gasteiger charge is 2.19. The van der Waals surface area contributed by atoms with Crippen LogP contribution in [0.2, 0.25) is 0 Å². The minimum absolute atomic E-state index is 0.0831. The molecule has 0 aliphatic carbocycles. The second kappa shape index (κ2) is 5.35. The molecule has 0 aliphatic heterocycles. The van der Waals surface area contributed by atoms with Crippen LogP contribution in [0, 0.1) is 10.1 Å². The van der Waals surface area contributed by atoms with Gasteiger partial charge >= 0.3 is 5.69 Å². The predicted octanol–water partition coefficient (Wildman–Crippen LogP) is 2.79. The Balaban J connectivity index is 2.45. The molecule has 0 aliphatic rings. The molecule has 0 fully saturated rings. The van der Waals surface area contributed by atoms with Crippen molar-refractivity contribution in [2.24, 2.45) is 7.05 Å². The van der Waals surface area contributed by atoms with Gasteiger partial charge in [0.1, 0.15) is 11.9 Å². The third-order valence-electron chi connectivity index (χ3n) is 2.58. The maximum absolute atomic E-state index is 11.0. The minimum atomic E-state index is -0.470. The molecule has 0 spiro atoms. The summed E-state index contributed by atoms with van der Waals surface area (Å²) in [6.07, 6.45) is 5.25. The first-order chi connectivity index (χ1) is 9.02. The summed E-state index contributed by atoms with van der Waals surface area (Å²) < 4.78 is 2.20. The molecule has 100 valence electrons. The van der Waals surface area contributed by atoms with Crippen LogP contribution in [0.15, 0.2) is 23.1 Å². The van der Waals surface area contributed by atoms with E-state index in [0.29, 0.717) is 10.2 Å². The minimum Gasteiger partial charge on any atom is -0.346 e. The zero-order chi connectivity index (χ0) is 14.0. The highest BCUT2D eigenvalue weighted by Crippen LogP contribution is 2.34. The predicted molar refractivity (Wildman–Crippen MR) is 74.5 cm³/mol. The summed E-state index contributed by atoms with van der Waals surface area (Å²) in [5.41, 5.74) is 1.89. The lowest BCUT2D eigenvalue weighted by atomic mass is 10.2. The number of pyridine rings is 1. The van der Waals surface area contributed by atoms with E-state index in [2.05, 4.69) is 31.3 Å². The molecule has 2 heterocycles. The van der Waals surface area contributed by atoms with E-state index in [1.807, 2.05) is 6.92 Å². The van der Waals surface area contributed by atoms with Gasteiger partial charge in [0.2, 0.25) is 0 Å². The van der Waals surface area contributed by atoms with Crippen molar-refractivity contribution < 1.29 is 4.92 Å². The van der Waals surface area contributed by atoms with Crippen molar-refractivity contribution in [3.8, 4) is 0 Å². The second-order valence-electron chi connectivity index (χ2n) is 3.91. The Morgan fingerprint density at radius 3 is 2.89 bits per heavy atom. The largest absolute Gasteiger partial charge is 0.346 e. The van der Waals surface area contributed by atoms with Gasteiger partial charge in [0.15, 0.2) is 0 Å². The Morgan fingerprint density at radius 1 is 1.53 bits per heavy atom. The van der Waals surface area contributed by atoms with E-state index >= 15 is 0 Å². The molecule has 2 rings (SSSR count). The van der Waals surface area contributed by atoms with E-state index in [4.69, 9.17) is 0 Å². The number of hydrogen-bond donors (Lipinski definition) is 1. The number of anilines is 2. The monoisotopic (exact) mass is 325 g/mol. The van der Waals surface area contributed by atoms with E-state index in [1.54, 1.807) is 17.9 Å². The molecule has 0 unspecified atom stereocenters. The van der Waals surface area contributed by atoms with Crippen LogP contribution in [-0.4, -0.2) is 19.7 Å². The first-order valence-electron chi connectivity index (χ1n) is 5.60. The normalized spacial score (nSPS) is 10.5. The third kappa shape index (κ3) is 2.73. The quantitative estimate of drug-likeness (QED) is 0.690. The Morgan fingerprint density at radius 2 is 2.26 bits per heavy atom. The summed E-state index contributed by atoms with van der Waals surface area (Å²) in [5, 5.41) is 18.3. The van der Waals surface area contributed by atoms with Crippen LogP contribution < -0.4 is 5.32 Å². The summed E-state index contributed by atoms with van der Waals surface area (Å²) in [6.45, 7) is 1.98. The molecule has 7 nitrogen and oxygen atoms in total. The number of rotatable bonds is 4. The highest BCUT2D eigenvalue weighted by molar-refractivity contribution is 9.10. The van der Waals surface area contributed by atoms with Crippen LogP contribution in [0.25, 0.3) is 0 Å². The van der Waals surface area contributed by atoms with Gasteiger partial charge in [0.25, 0.3) is 0 Å². The van der Waals surface area contributed by atoms with Crippen LogP contribution in [0.4, 0.5) is 17.1 Å². The highest BCUT2D eigenvalue weighted by atomic mass is 79.9. The molecule has 8 heteroatoms. The van der Waals surface area contributed by atoms with Gasteiger partial charge in [0.05, 0.1) is 20.8 Å². The van der Waals surface area contributed by atoms with Crippen molar-refractivity contribution in [3.05, 3.63) is 38.9 Å². The average Bonchev–Trinajstić information content (AvgIpc) is 2.71. The van der Waals surface area contributed by atoms with Crippen molar-refractivity contribution in [1.82, 2.24) is 14.8 Å². The molecular formula is C11H12BrN5O2. The number of nitrogens with zero attached hydrogens (tertiary/aromatic N) is 4. The van der Waals surface area contributed by atoms with E-state index in [9.17, 15) is 10.1 Å². The number of aryl methyl sites for hydroxylation is 2. The van der Waals surface area contributed by atoms with Crippen molar-refractivity contribution in [1.29, 1.82) is 0 Å². The fraction of sp³-hybridized carbons (Fsp3) is 0.273. The van der Waals surface area contributed by atoms with Crippen molar-refractivity contribution >= 4 is 33.0 Å². The lowest BCUT2D eigenvalue weighted by Gasteiger charge is -2.07. The number of halogens is 1. The van der Waals surface area contributed by atoms with E-state index in [1.165, 1.54) is 12.4 Å². The summed E-state index contributed by atoms with van der Waals surface area (Å²) in [4.78, 5) is 14.3. The van der Waals surface area contributed by atoms with Crippen molar-refractivity contribution in [2.45, 2.75) is 13.3 Å². The Kier molecular flexibility index (Phi) is 3.79. The summed E-state index contributed by atoms with van der Waals surface area (Å²) >= 11 is 3.27. The maximum Gasteiger partial charge on any atom is 0.311 e. The molecule has 2 aromatic rings. The average molecular weight is 326 g/mol. The molecule has 0 aromatic carbocycles. The molecule has 2 aromatic heterocycles. The molecule has 1 N–H and O–H groups in total. The first kappa shape index (κ1) is 13.5. The molecule has 19 heavy (non-hydrogen) atoms. The molecule has 0 atom stereocenters. The summed E-state index contributed by atoms with van der Waals surface area (Å²) in [7, 11) is 1.81. The molecule has 0 saturated heterocycles. The van der Waals surface area contributed by atoms with Gasteiger partial charge in [-0.3, -0.25) is 19.8 Å². The molecule has 0 saturated carbocycles. The standard InChI is InChI=1S/C11H12BrN5O2/c1-3-8-9(6-16(2)15-8)14-11-7(12)4-13-5-10(11)17(18)19/h4-6H,3H2,1-2H3,(H,13,14). The van der Waals surface area contributed by atoms with Crippen molar-refractivity contribution in [2.75, 3.05) is 5.32 Å². The van der Waals surface area contributed by atoms with Gasteiger partial charge in [0, 0.05) is 19.4 Å². The van der Waals surface area contributed by atoms with Crippen LogP contribution in [0.3, 0.4) is 0 Å². The van der Waals surface area contributed by atoms with Gasteiger partial charge in [-0.25, -0.2) is 0 Å². The number of nitro groups is 1. The van der Waals surface area contributed by atoms with Crippen LogP contribution in [-0.2, 0) is 13.5 Å². The lowest BCUT2D eigenvalue weighted by Crippen LogP contribution is -2.00. The van der Waals surface area contributed by atoms with E-state index < -0.39 is 4.92 Å². The second-order valence-corrected chi connectivity index (χ2v) is 4.77. The number of aromatic nitrogens is 3. The Hall–Kier alpha value is -1.96. The smallest absolute Gasteiger partial charge is 0.311 e. The SMILES string of the molecule is CCc1nn(C)cc1Nc1c(Br)cncc1[N+](=O)[O-]. The molecular weight excluding hydrogens is 314 g/mol. The zero-order valence-electron chi connectivity index (χ0n) is 10.4. The maximum atomic E-state index is 11.0. The fourth-order valence-electron chi connectivity index (χ4n) is 1.72. The van der Waals surface area contributed by atoms with Gasteiger partial charge in [-0.05, 0) is 22.4 Å². The van der Waals surface area contributed by atoms with Gasteiger partial charge in [-0.1, -0.05) is 6.92 Å². The molecule has 0 amide bonds.